The van der Waals surface area contributed by atoms with Crippen LogP contribution in [0.2, 0.25) is 5.02 Å². The van der Waals surface area contributed by atoms with Crippen molar-refractivity contribution in [2.75, 3.05) is 5.32 Å². The van der Waals surface area contributed by atoms with Gasteiger partial charge in [0.05, 0.1) is 10.2 Å². The maximum Gasteiger partial charge on any atom is 0.189 e. The number of aromatic nitrogens is 3. The maximum atomic E-state index is 6.02. The van der Waals surface area contributed by atoms with Gasteiger partial charge in [0.25, 0.3) is 0 Å². The van der Waals surface area contributed by atoms with Crippen LogP contribution >= 0.6 is 22.9 Å². The van der Waals surface area contributed by atoms with Crippen molar-refractivity contribution in [2.24, 2.45) is 0 Å². The molecule has 0 fully saturated rings. The van der Waals surface area contributed by atoms with Crippen LogP contribution in [0, 0.1) is 13.8 Å². The quantitative estimate of drug-likeness (QED) is 0.423. The normalized spacial score (nSPS) is 11.1. The van der Waals surface area contributed by atoms with E-state index in [0.717, 1.165) is 51.4 Å². The standard InChI is InChI=1S/C22H21ClN4S/c1-4-15-7-10-19-20(12-15)28-22(26-19)27-21-18(13(2)24-14(3)25-21)11-16-5-8-17(23)9-6-16/h5-10,12H,4,11H2,1-3H3,(H,24,25,26,27). The van der Waals surface area contributed by atoms with Crippen molar-refractivity contribution in [1.82, 2.24) is 15.0 Å². The number of nitrogens with zero attached hydrogens (tertiary/aromatic N) is 3. The number of nitrogens with one attached hydrogen (secondary N) is 1. The Morgan fingerprint density at radius 3 is 2.46 bits per heavy atom. The van der Waals surface area contributed by atoms with Gasteiger partial charge in [0.15, 0.2) is 5.13 Å². The van der Waals surface area contributed by atoms with Gasteiger partial charge in [-0.3, -0.25) is 0 Å². The summed E-state index contributed by atoms with van der Waals surface area (Å²) in [6.45, 7) is 6.10. The van der Waals surface area contributed by atoms with Gasteiger partial charge in [-0.1, -0.05) is 48.1 Å². The van der Waals surface area contributed by atoms with E-state index in [1.54, 1.807) is 11.3 Å². The molecule has 0 saturated heterocycles. The molecule has 6 heteroatoms. The van der Waals surface area contributed by atoms with Crippen LogP contribution in [0.1, 0.15) is 35.1 Å². The average molecular weight is 409 g/mol. The van der Waals surface area contributed by atoms with E-state index >= 15 is 0 Å². The predicted octanol–water partition coefficient (Wildman–Crippen LogP) is 6.25. The van der Waals surface area contributed by atoms with Crippen LogP contribution in [0.25, 0.3) is 10.2 Å². The highest BCUT2D eigenvalue weighted by molar-refractivity contribution is 7.22. The fourth-order valence-corrected chi connectivity index (χ4v) is 4.26. The zero-order valence-corrected chi connectivity index (χ0v) is 17.7. The Morgan fingerprint density at radius 2 is 1.71 bits per heavy atom. The summed E-state index contributed by atoms with van der Waals surface area (Å²) in [5.74, 6) is 1.56. The minimum Gasteiger partial charge on any atom is -0.316 e. The fraction of sp³-hybridized carbons (Fsp3) is 0.227. The second kappa shape index (κ2) is 7.86. The first-order chi connectivity index (χ1) is 13.5. The monoisotopic (exact) mass is 408 g/mol. The van der Waals surface area contributed by atoms with Crippen molar-refractivity contribution in [3.8, 4) is 0 Å². The second-order valence-electron chi connectivity index (χ2n) is 6.79. The van der Waals surface area contributed by atoms with Gasteiger partial charge in [-0.15, -0.1) is 0 Å². The summed E-state index contributed by atoms with van der Waals surface area (Å²) in [5.41, 5.74) is 5.53. The van der Waals surface area contributed by atoms with Crippen LogP contribution in [0.5, 0.6) is 0 Å². The third kappa shape index (κ3) is 4.01. The molecule has 4 aromatic rings. The zero-order chi connectivity index (χ0) is 19.7. The van der Waals surface area contributed by atoms with E-state index in [1.807, 2.05) is 38.1 Å². The van der Waals surface area contributed by atoms with E-state index in [0.29, 0.717) is 0 Å². The van der Waals surface area contributed by atoms with Gasteiger partial charge >= 0.3 is 0 Å². The summed E-state index contributed by atoms with van der Waals surface area (Å²) >= 11 is 7.67. The van der Waals surface area contributed by atoms with Crippen LogP contribution in [0.4, 0.5) is 10.9 Å². The Labute approximate surface area is 173 Å². The molecule has 142 valence electrons. The number of rotatable bonds is 5. The molecule has 2 aromatic carbocycles. The first-order valence-electron chi connectivity index (χ1n) is 9.27. The number of fused-ring (bicyclic) bond motifs is 1. The predicted molar refractivity (Wildman–Crippen MR) is 118 cm³/mol. The molecule has 0 radical (unpaired) electrons. The van der Waals surface area contributed by atoms with Crippen LogP contribution in [-0.2, 0) is 12.8 Å². The van der Waals surface area contributed by atoms with Crippen molar-refractivity contribution >= 4 is 44.1 Å². The minimum atomic E-state index is 0.733. The SMILES string of the molecule is CCc1ccc2nc(Nc3nc(C)nc(C)c3Cc3ccc(Cl)cc3)sc2c1. The van der Waals surface area contributed by atoms with E-state index in [9.17, 15) is 0 Å². The van der Waals surface area contributed by atoms with E-state index in [-0.39, 0.29) is 0 Å². The molecule has 2 heterocycles. The number of benzene rings is 2. The van der Waals surface area contributed by atoms with E-state index < -0.39 is 0 Å². The molecule has 0 aliphatic rings. The Morgan fingerprint density at radius 1 is 0.964 bits per heavy atom. The lowest BCUT2D eigenvalue weighted by atomic mass is 10.0. The summed E-state index contributed by atoms with van der Waals surface area (Å²) in [6.07, 6.45) is 1.75. The summed E-state index contributed by atoms with van der Waals surface area (Å²) in [4.78, 5) is 14.0. The summed E-state index contributed by atoms with van der Waals surface area (Å²) in [5, 5.41) is 5.02. The Kier molecular flexibility index (Phi) is 5.29. The van der Waals surface area contributed by atoms with Crippen LogP contribution in [0.15, 0.2) is 42.5 Å². The van der Waals surface area contributed by atoms with Gasteiger partial charge in [0.1, 0.15) is 11.6 Å². The van der Waals surface area contributed by atoms with E-state index in [1.165, 1.54) is 15.8 Å². The van der Waals surface area contributed by atoms with Gasteiger partial charge < -0.3 is 5.32 Å². The Balaban J connectivity index is 1.69. The molecule has 0 saturated carbocycles. The Hall–Kier alpha value is -2.50. The third-order valence-electron chi connectivity index (χ3n) is 4.71. The number of hydrogen-bond acceptors (Lipinski definition) is 5. The highest BCUT2D eigenvalue weighted by Crippen LogP contribution is 2.31. The highest BCUT2D eigenvalue weighted by Gasteiger charge is 2.14. The number of halogens is 1. The molecule has 4 rings (SSSR count). The molecule has 0 aliphatic carbocycles. The zero-order valence-electron chi connectivity index (χ0n) is 16.1. The molecule has 2 aromatic heterocycles. The lowest BCUT2D eigenvalue weighted by Crippen LogP contribution is -2.06. The summed E-state index contributed by atoms with van der Waals surface area (Å²) < 4.78 is 1.18. The van der Waals surface area contributed by atoms with E-state index in [4.69, 9.17) is 16.6 Å². The number of aryl methyl sites for hydroxylation is 3. The molecule has 1 N–H and O–H groups in total. The number of thiazole rings is 1. The first-order valence-corrected chi connectivity index (χ1v) is 10.5. The highest BCUT2D eigenvalue weighted by atomic mass is 35.5. The number of anilines is 2. The molecule has 4 nitrogen and oxygen atoms in total. The van der Waals surface area contributed by atoms with Crippen molar-refractivity contribution in [2.45, 2.75) is 33.6 Å². The summed E-state index contributed by atoms with van der Waals surface area (Å²) in [7, 11) is 0. The van der Waals surface area contributed by atoms with Crippen molar-refractivity contribution < 1.29 is 0 Å². The molecular weight excluding hydrogens is 388 g/mol. The van der Waals surface area contributed by atoms with Gasteiger partial charge in [-0.25, -0.2) is 15.0 Å². The van der Waals surface area contributed by atoms with Crippen LogP contribution in [0.3, 0.4) is 0 Å². The Bertz CT molecular complexity index is 1140. The third-order valence-corrected chi connectivity index (χ3v) is 5.89. The van der Waals surface area contributed by atoms with Crippen molar-refractivity contribution in [1.29, 1.82) is 0 Å². The molecule has 28 heavy (non-hydrogen) atoms. The molecule has 0 amide bonds. The van der Waals surface area contributed by atoms with E-state index in [2.05, 4.69) is 40.4 Å². The lowest BCUT2D eigenvalue weighted by molar-refractivity contribution is 0.965. The lowest BCUT2D eigenvalue weighted by Gasteiger charge is -2.13. The van der Waals surface area contributed by atoms with Crippen molar-refractivity contribution in [3.63, 3.8) is 0 Å². The van der Waals surface area contributed by atoms with Gasteiger partial charge in [0.2, 0.25) is 0 Å². The largest absolute Gasteiger partial charge is 0.316 e. The van der Waals surface area contributed by atoms with Gasteiger partial charge in [-0.05, 0) is 55.7 Å². The molecule has 0 bridgehead atoms. The minimum absolute atomic E-state index is 0.733. The number of hydrogen-bond donors (Lipinski definition) is 1. The first kappa shape index (κ1) is 18.8. The maximum absolute atomic E-state index is 6.02. The molecule has 0 aliphatic heterocycles. The van der Waals surface area contributed by atoms with Crippen molar-refractivity contribution in [3.05, 3.63) is 75.7 Å². The summed E-state index contributed by atoms with van der Waals surface area (Å²) in [6, 6.07) is 14.3. The molecule has 0 unspecified atom stereocenters. The van der Waals surface area contributed by atoms with Crippen LogP contribution < -0.4 is 5.32 Å². The topological polar surface area (TPSA) is 50.7 Å². The second-order valence-corrected chi connectivity index (χ2v) is 8.25. The van der Waals surface area contributed by atoms with Gasteiger partial charge in [-0.2, -0.15) is 0 Å². The molecule has 0 spiro atoms. The molecular formula is C22H21ClN4S. The fourth-order valence-electron chi connectivity index (χ4n) is 3.20. The molecule has 0 atom stereocenters. The average Bonchev–Trinajstić information content (AvgIpc) is 3.07. The van der Waals surface area contributed by atoms with Crippen LogP contribution in [-0.4, -0.2) is 15.0 Å². The smallest absolute Gasteiger partial charge is 0.189 e. The van der Waals surface area contributed by atoms with Gasteiger partial charge in [0, 0.05) is 22.7 Å².